The van der Waals surface area contributed by atoms with E-state index in [1.165, 1.54) is 0 Å². The molecule has 0 saturated carbocycles. The third kappa shape index (κ3) is 3.58. The second kappa shape index (κ2) is 7.93. The zero-order valence-corrected chi connectivity index (χ0v) is 17.0. The smallest absolute Gasteiger partial charge is 0.227 e. The number of aromatic nitrogens is 4. The minimum atomic E-state index is 0.103. The van der Waals surface area contributed by atoms with E-state index in [1.54, 1.807) is 0 Å². The minimum absolute atomic E-state index is 0.103. The fourth-order valence-corrected chi connectivity index (χ4v) is 4.51. The summed E-state index contributed by atoms with van der Waals surface area (Å²) in [5.74, 6) is 0.295. The molecule has 1 N–H and O–H groups in total. The number of fused-ring (bicyclic) bond motifs is 2. The largest absolute Gasteiger partial charge is 0.361 e. The number of carbonyl (C=O) groups is 2. The number of aryl methyl sites for hydroxylation is 1. The highest BCUT2D eigenvalue weighted by atomic mass is 16.2. The van der Waals surface area contributed by atoms with Gasteiger partial charge in [-0.25, -0.2) is 4.68 Å². The molecule has 0 unspecified atom stereocenters. The van der Waals surface area contributed by atoms with Gasteiger partial charge in [0.1, 0.15) is 0 Å². The number of benzene rings is 1. The Labute approximate surface area is 174 Å². The van der Waals surface area contributed by atoms with E-state index in [0.29, 0.717) is 38.9 Å². The molecule has 0 atom stereocenters. The van der Waals surface area contributed by atoms with Crippen LogP contribution in [-0.4, -0.2) is 61.2 Å². The number of hydrogen-bond donors (Lipinski definition) is 1. The van der Waals surface area contributed by atoms with Gasteiger partial charge in [0.05, 0.1) is 30.9 Å². The number of para-hydroxylation sites is 1. The van der Waals surface area contributed by atoms with Gasteiger partial charge in [0.2, 0.25) is 11.8 Å². The summed E-state index contributed by atoms with van der Waals surface area (Å²) in [5.41, 5.74) is 3.87. The number of H-pyrrole nitrogens is 1. The SMILES string of the molecule is O=C(CCc1nnn2c1CN(C(=O)Cc1c[nH]c3ccccc13)CC2)N1CCCC1. The summed E-state index contributed by atoms with van der Waals surface area (Å²) >= 11 is 0. The van der Waals surface area contributed by atoms with Gasteiger partial charge in [-0.1, -0.05) is 23.4 Å². The van der Waals surface area contributed by atoms with Crippen molar-refractivity contribution in [1.82, 2.24) is 29.8 Å². The maximum Gasteiger partial charge on any atom is 0.227 e. The molecule has 8 nitrogen and oxygen atoms in total. The molecule has 0 spiro atoms. The van der Waals surface area contributed by atoms with E-state index in [9.17, 15) is 9.59 Å². The first-order chi connectivity index (χ1) is 14.7. The molecule has 2 amide bonds. The van der Waals surface area contributed by atoms with E-state index in [2.05, 4.69) is 15.3 Å². The molecule has 1 fully saturated rings. The maximum absolute atomic E-state index is 13.0. The maximum atomic E-state index is 13.0. The molecule has 1 saturated heterocycles. The van der Waals surface area contributed by atoms with Crippen LogP contribution < -0.4 is 0 Å². The summed E-state index contributed by atoms with van der Waals surface area (Å²) < 4.78 is 1.88. The number of likely N-dealkylation sites (tertiary alicyclic amines) is 1. The summed E-state index contributed by atoms with van der Waals surface area (Å²) in [7, 11) is 0. The molecular formula is C22H26N6O2. The van der Waals surface area contributed by atoms with E-state index in [1.807, 2.05) is 44.9 Å². The Morgan fingerprint density at radius 3 is 2.70 bits per heavy atom. The Balaban J connectivity index is 1.24. The van der Waals surface area contributed by atoms with Gasteiger partial charge in [-0.3, -0.25) is 9.59 Å². The first-order valence-corrected chi connectivity index (χ1v) is 10.7. The van der Waals surface area contributed by atoms with Crippen LogP contribution in [0.15, 0.2) is 30.5 Å². The Bertz CT molecular complexity index is 1080. The highest BCUT2D eigenvalue weighted by molar-refractivity contribution is 5.88. The first-order valence-electron chi connectivity index (χ1n) is 10.7. The first kappa shape index (κ1) is 18.8. The van der Waals surface area contributed by atoms with Crippen molar-refractivity contribution in [3.05, 3.63) is 47.4 Å². The normalized spacial score (nSPS) is 16.3. The molecule has 2 aromatic heterocycles. The van der Waals surface area contributed by atoms with Gasteiger partial charge in [-0.05, 0) is 24.5 Å². The lowest BCUT2D eigenvalue weighted by atomic mass is 10.1. The van der Waals surface area contributed by atoms with E-state index in [0.717, 1.165) is 53.8 Å². The van der Waals surface area contributed by atoms with Crippen LogP contribution in [-0.2, 0) is 35.5 Å². The summed E-state index contributed by atoms with van der Waals surface area (Å²) in [5, 5.41) is 9.64. The number of amides is 2. The average molecular weight is 406 g/mol. The zero-order valence-electron chi connectivity index (χ0n) is 17.0. The standard InChI is InChI=1S/C22H26N6O2/c29-21(26-9-3-4-10-26)8-7-19-20-15-27(11-12-28(20)25-24-19)22(30)13-16-14-23-18-6-2-1-5-17(16)18/h1-2,5-6,14,23H,3-4,7-13,15H2. The van der Waals surface area contributed by atoms with Gasteiger partial charge in [-0.15, -0.1) is 5.10 Å². The topological polar surface area (TPSA) is 87.1 Å². The molecule has 0 bridgehead atoms. The number of nitrogens with one attached hydrogen (secondary N) is 1. The Morgan fingerprint density at radius 2 is 1.83 bits per heavy atom. The Hall–Kier alpha value is -3.16. The lowest BCUT2D eigenvalue weighted by Gasteiger charge is -2.28. The molecule has 0 aliphatic carbocycles. The fraction of sp³-hybridized carbons (Fsp3) is 0.455. The van der Waals surface area contributed by atoms with Crippen molar-refractivity contribution >= 4 is 22.7 Å². The van der Waals surface area contributed by atoms with Gasteiger partial charge in [0, 0.05) is 49.6 Å². The third-order valence-corrected chi connectivity index (χ3v) is 6.24. The predicted octanol–water partition coefficient (Wildman–Crippen LogP) is 1.90. The molecular weight excluding hydrogens is 380 g/mol. The van der Waals surface area contributed by atoms with Gasteiger partial charge in [-0.2, -0.15) is 0 Å². The summed E-state index contributed by atoms with van der Waals surface area (Å²) in [6, 6.07) is 8.04. The quantitative estimate of drug-likeness (QED) is 0.701. The molecule has 5 rings (SSSR count). The molecule has 2 aliphatic rings. The molecule has 0 radical (unpaired) electrons. The number of carbonyl (C=O) groups excluding carboxylic acids is 2. The van der Waals surface area contributed by atoms with Crippen molar-refractivity contribution in [2.24, 2.45) is 0 Å². The molecule has 4 heterocycles. The van der Waals surface area contributed by atoms with Gasteiger partial charge >= 0.3 is 0 Å². The van der Waals surface area contributed by atoms with Crippen molar-refractivity contribution in [2.45, 2.75) is 45.2 Å². The zero-order chi connectivity index (χ0) is 20.5. The molecule has 2 aliphatic heterocycles. The van der Waals surface area contributed by atoms with Crippen LogP contribution in [0.4, 0.5) is 0 Å². The molecule has 3 aromatic rings. The Morgan fingerprint density at radius 1 is 1.00 bits per heavy atom. The van der Waals surface area contributed by atoms with Crippen LogP contribution in [0.5, 0.6) is 0 Å². The fourth-order valence-electron chi connectivity index (χ4n) is 4.51. The Kier molecular flexibility index (Phi) is 4.98. The van der Waals surface area contributed by atoms with E-state index in [4.69, 9.17) is 0 Å². The van der Waals surface area contributed by atoms with E-state index < -0.39 is 0 Å². The van der Waals surface area contributed by atoms with E-state index >= 15 is 0 Å². The average Bonchev–Trinajstić information content (AvgIpc) is 3.52. The van der Waals surface area contributed by atoms with Crippen LogP contribution in [0.25, 0.3) is 10.9 Å². The van der Waals surface area contributed by atoms with Crippen molar-refractivity contribution in [3.8, 4) is 0 Å². The molecule has 1 aromatic carbocycles. The van der Waals surface area contributed by atoms with Crippen molar-refractivity contribution in [3.63, 3.8) is 0 Å². The van der Waals surface area contributed by atoms with E-state index in [-0.39, 0.29) is 11.8 Å². The van der Waals surface area contributed by atoms with Crippen LogP contribution in [0.1, 0.15) is 36.2 Å². The lowest BCUT2D eigenvalue weighted by Crippen LogP contribution is -2.39. The third-order valence-electron chi connectivity index (χ3n) is 6.24. The highest BCUT2D eigenvalue weighted by Crippen LogP contribution is 2.21. The van der Waals surface area contributed by atoms with Crippen molar-refractivity contribution in [1.29, 1.82) is 0 Å². The minimum Gasteiger partial charge on any atom is -0.361 e. The van der Waals surface area contributed by atoms with Gasteiger partial charge in [0.15, 0.2) is 0 Å². The van der Waals surface area contributed by atoms with Crippen LogP contribution in [0.3, 0.4) is 0 Å². The number of hydrogen-bond acceptors (Lipinski definition) is 4. The van der Waals surface area contributed by atoms with Crippen LogP contribution in [0, 0.1) is 0 Å². The number of aromatic amines is 1. The number of rotatable bonds is 5. The second-order valence-corrected chi connectivity index (χ2v) is 8.15. The summed E-state index contributed by atoms with van der Waals surface area (Å²) in [4.78, 5) is 32.4. The van der Waals surface area contributed by atoms with Gasteiger partial charge in [0.25, 0.3) is 0 Å². The molecule has 8 heteroatoms. The monoisotopic (exact) mass is 406 g/mol. The summed E-state index contributed by atoms with van der Waals surface area (Å²) in [6.07, 6.45) is 5.52. The molecule has 30 heavy (non-hydrogen) atoms. The van der Waals surface area contributed by atoms with Gasteiger partial charge < -0.3 is 14.8 Å². The molecule has 156 valence electrons. The second-order valence-electron chi connectivity index (χ2n) is 8.15. The van der Waals surface area contributed by atoms with Crippen LogP contribution >= 0.6 is 0 Å². The van der Waals surface area contributed by atoms with Crippen molar-refractivity contribution < 1.29 is 9.59 Å². The summed E-state index contributed by atoms with van der Waals surface area (Å²) in [6.45, 7) is 3.51. The van der Waals surface area contributed by atoms with Crippen molar-refractivity contribution in [2.75, 3.05) is 19.6 Å². The predicted molar refractivity (Wildman–Crippen MR) is 112 cm³/mol. The lowest BCUT2D eigenvalue weighted by molar-refractivity contribution is -0.132. The van der Waals surface area contributed by atoms with Crippen LogP contribution in [0.2, 0.25) is 0 Å². The highest BCUT2D eigenvalue weighted by Gasteiger charge is 2.26. The number of nitrogens with zero attached hydrogens (tertiary/aromatic N) is 5.